The summed E-state index contributed by atoms with van der Waals surface area (Å²) in [4.78, 5) is 2.35. The van der Waals surface area contributed by atoms with Crippen LogP contribution in [0.5, 0.6) is 0 Å². The molecule has 1 saturated heterocycles. The summed E-state index contributed by atoms with van der Waals surface area (Å²) in [5, 5.41) is 9.25. The first-order chi connectivity index (χ1) is 6.62. The molecular weight excluding hydrogens is 180 g/mol. The number of ether oxygens (including phenoxy) is 1. The Bertz CT molecular complexity index is 164. The van der Waals surface area contributed by atoms with Gasteiger partial charge in [-0.1, -0.05) is 0 Å². The minimum Gasteiger partial charge on any atom is -0.396 e. The van der Waals surface area contributed by atoms with Crippen molar-refractivity contribution in [1.82, 2.24) is 4.90 Å². The molecule has 0 spiro atoms. The van der Waals surface area contributed by atoms with Crippen molar-refractivity contribution < 1.29 is 9.84 Å². The molecule has 84 valence electrons. The molecule has 0 saturated carbocycles. The minimum atomic E-state index is -0.0344. The van der Waals surface area contributed by atoms with E-state index >= 15 is 0 Å². The van der Waals surface area contributed by atoms with Crippen LogP contribution in [0.25, 0.3) is 0 Å². The molecule has 0 amide bonds. The third-order valence-corrected chi connectivity index (χ3v) is 3.33. The highest BCUT2D eigenvalue weighted by atomic mass is 16.5. The zero-order valence-electron chi connectivity index (χ0n) is 9.20. The summed E-state index contributed by atoms with van der Waals surface area (Å²) < 4.78 is 5.31. The highest BCUT2D eigenvalue weighted by molar-refractivity contribution is 4.89. The van der Waals surface area contributed by atoms with Crippen LogP contribution in [0, 0.1) is 5.92 Å². The van der Waals surface area contributed by atoms with E-state index in [-0.39, 0.29) is 18.1 Å². The SMILES string of the molecule is CC(C)(C(CN)CO)N1CCOCC1. The number of aliphatic hydroxyl groups is 1. The number of hydrogen-bond acceptors (Lipinski definition) is 4. The number of nitrogens with zero attached hydrogens (tertiary/aromatic N) is 1. The van der Waals surface area contributed by atoms with Gasteiger partial charge in [0.1, 0.15) is 0 Å². The zero-order chi connectivity index (χ0) is 10.6. The minimum absolute atomic E-state index is 0.0344. The fourth-order valence-corrected chi connectivity index (χ4v) is 1.98. The summed E-state index contributed by atoms with van der Waals surface area (Å²) in [7, 11) is 0. The maximum atomic E-state index is 9.25. The van der Waals surface area contributed by atoms with E-state index in [1.54, 1.807) is 0 Å². The summed E-state index contributed by atoms with van der Waals surface area (Å²) in [6.07, 6.45) is 0. The number of morpholine rings is 1. The van der Waals surface area contributed by atoms with E-state index in [0.29, 0.717) is 6.54 Å². The maximum absolute atomic E-state index is 9.25. The molecule has 1 rings (SSSR count). The second-order valence-electron chi connectivity index (χ2n) is 4.37. The predicted octanol–water partition coefficient (Wildman–Crippen LogP) is -0.336. The summed E-state index contributed by atoms with van der Waals surface area (Å²) in [5.74, 6) is 0.139. The Morgan fingerprint density at radius 1 is 1.43 bits per heavy atom. The summed E-state index contributed by atoms with van der Waals surface area (Å²) in [5.41, 5.74) is 5.62. The van der Waals surface area contributed by atoms with E-state index in [2.05, 4.69) is 18.7 Å². The van der Waals surface area contributed by atoms with Gasteiger partial charge in [0.05, 0.1) is 13.2 Å². The zero-order valence-corrected chi connectivity index (χ0v) is 9.20. The molecule has 4 nitrogen and oxygen atoms in total. The van der Waals surface area contributed by atoms with Crippen LogP contribution in [0.15, 0.2) is 0 Å². The molecule has 0 aromatic rings. The molecule has 1 aliphatic heterocycles. The highest BCUT2D eigenvalue weighted by Crippen LogP contribution is 2.24. The van der Waals surface area contributed by atoms with Gasteiger partial charge >= 0.3 is 0 Å². The van der Waals surface area contributed by atoms with Crippen molar-refractivity contribution >= 4 is 0 Å². The van der Waals surface area contributed by atoms with Crippen LogP contribution in [0.1, 0.15) is 13.8 Å². The molecule has 1 fully saturated rings. The molecule has 1 atom stereocenters. The number of nitrogens with two attached hydrogens (primary N) is 1. The molecule has 14 heavy (non-hydrogen) atoms. The van der Waals surface area contributed by atoms with Crippen LogP contribution >= 0.6 is 0 Å². The molecule has 0 radical (unpaired) electrons. The summed E-state index contributed by atoms with van der Waals surface area (Å²) in [6.45, 7) is 8.41. The molecule has 0 aliphatic carbocycles. The molecular formula is C10H22N2O2. The van der Waals surface area contributed by atoms with E-state index in [4.69, 9.17) is 10.5 Å². The second kappa shape index (κ2) is 5.07. The van der Waals surface area contributed by atoms with Gasteiger partial charge in [0.2, 0.25) is 0 Å². The Kier molecular flexibility index (Phi) is 4.31. The molecule has 1 aliphatic rings. The van der Waals surface area contributed by atoms with Crippen LogP contribution in [0.4, 0.5) is 0 Å². The van der Waals surface area contributed by atoms with E-state index in [1.165, 1.54) is 0 Å². The first kappa shape index (κ1) is 11.9. The molecule has 0 aromatic carbocycles. The van der Waals surface area contributed by atoms with Gasteiger partial charge in [-0.2, -0.15) is 0 Å². The van der Waals surface area contributed by atoms with Crippen LogP contribution in [0.3, 0.4) is 0 Å². The van der Waals surface area contributed by atoms with Gasteiger partial charge in [0, 0.05) is 31.2 Å². The lowest BCUT2D eigenvalue weighted by molar-refractivity contribution is -0.0395. The molecule has 1 heterocycles. The fourth-order valence-electron chi connectivity index (χ4n) is 1.98. The Morgan fingerprint density at radius 3 is 2.43 bits per heavy atom. The van der Waals surface area contributed by atoms with E-state index in [9.17, 15) is 5.11 Å². The summed E-state index contributed by atoms with van der Waals surface area (Å²) in [6, 6.07) is 0. The van der Waals surface area contributed by atoms with Crippen molar-refractivity contribution in [3.05, 3.63) is 0 Å². The van der Waals surface area contributed by atoms with Gasteiger partial charge in [-0.05, 0) is 20.4 Å². The van der Waals surface area contributed by atoms with Crippen molar-refractivity contribution in [2.45, 2.75) is 19.4 Å². The highest BCUT2D eigenvalue weighted by Gasteiger charge is 2.34. The number of hydrogen-bond donors (Lipinski definition) is 2. The van der Waals surface area contributed by atoms with Crippen LogP contribution < -0.4 is 5.73 Å². The lowest BCUT2D eigenvalue weighted by atomic mass is 9.86. The first-order valence-corrected chi connectivity index (χ1v) is 5.26. The number of aliphatic hydroxyl groups excluding tert-OH is 1. The van der Waals surface area contributed by atoms with E-state index < -0.39 is 0 Å². The fraction of sp³-hybridized carbons (Fsp3) is 1.00. The topological polar surface area (TPSA) is 58.7 Å². The number of rotatable bonds is 4. The van der Waals surface area contributed by atoms with Gasteiger partial charge in [0.25, 0.3) is 0 Å². The Labute approximate surface area is 86.0 Å². The van der Waals surface area contributed by atoms with Crippen molar-refractivity contribution in [3.8, 4) is 0 Å². The monoisotopic (exact) mass is 202 g/mol. The first-order valence-electron chi connectivity index (χ1n) is 5.26. The van der Waals surface area contributed by atoms with Crippen molar-refractivity contribution in [2.75, 3.05) is 39.5 Å². The Balaban J connectivity index is 2.60. The summed E-state index contributed by atoms with van der Waals surface area (Å²) >= 11 is 0. The lowest BCUT2D eigenvalue weighted by Crippen LogP contribution is -2.56. The molecule has 0 aromatic heterocycles. The molecule has 4 heteroatoms. The van der Waals surface area contributed by atoms with Gasteiger partial charge in [-0.3, -0.25) is 4.90 Å². The van der Waals surface area contributed by atoms with Crippen molar-refractivity contribution in [3.63, 3.8) is 0 Å². The second-order valence-corrected chi connectivity index (χ2v) is 4.37. The van der Waals surface area contributed by atoms with Crippen LogP contribution in [0.2, 0.25) is 0 Å². The molecule has 3 N–H and O–H groups in total. The normalized spacial score (nSPS) is 22.3. The predicted molar refractivity (Wildman–Crippen MR) is 56.1 cm³/mol. The Morgan fingerprint density at radius 2 is 2.00 bits per heavy atom. The smallest absolute Gasteiger partial charge is 0.0594 e. The third-order valence-electron chi connectivity index (χ3n) is 3.33. The van der Waals surface area contributed by atoms with Crippen LogP contribution in [-0.2, 0) is 4.74 Å². The third kappa shape index (κ3) is 2.45. The van der Waals surface area contributed by atoms with Crippen molar-refractivity contribution in [2.24, 2.45) is 11.7 Å². The maximum Gasteiger partial charge on any atom is 0.0594 e. The standard InChI is InChI=1S/C10H22N2O2/c1-10(2,9(7-11)8-13)12-3-5-14-6-4-12/h9,13H,3-8,11H2,1-2H3. The van der Waals surface area contributed by atoms with Crippen molar-refractivity contribution in [1.29, 1.82) is 0 Å². The quantitative estimate of drug-likeness (QED) is 0.655. The average Bonchev–Trinajstić information content (AvgIpc) is 2.20. The van der Waals surface area contributed by atoms with Gasteiger partial charge in [-0.15, -0.1) is 0 Å². The van der Waals surface area contributed by atoms with Gasteiger partial charge in [-0.25, -0.2) is 0 Å². The van der Waals surface area contributed by atoms with Crippen LogP contribution in [-0.4, -0.2) is 55.0 Å². The van der Waals surface area contributed by atoms with E-state index in [1.807, 2.05) is 0 Å². The molecule has 0 bridgehead atoms. The molecule has 1 unspecified atom stereocenters. The Hall–Kier alpha value is -0.160. The average molecular weight is 202 g/mol. The van der Waals surface area contributed by atoms with Gasteiger partial charge in [0.15, 0.2) is 0 Å². The largest absolute Gasteiger partial charge is 0.396 e. The van der Waals surface area contributed by atoms with Gasteiger partial charge < -0.3 is 15.6 Å². The van der Waals surface area contributed by atoms with E-state index in [0.717, 1.165) is 26.3 Å². The lowest BCUT2D eigenvalue weighted by Gasteiger charge is -2.45.